The van der Waals surface area contributed by atoms with Gasteiger partial charge in [-0.2, -0.15) is 0 Å². The van der Waals surface area contributed by atoms with Crippen molar-refractivity contribution in [3.05, 3.63) is 11.6 Å². The van der Waals surface area contributed by atoms with Crippen molar-refractivity contribution in [3.8, 4) is 0 Å². The molecule has 10 nitrogen and oxygen atoms in total. The van der Waals surface area contributed by atoms with Gasteiger partial charge in [0.2, 0.25) is 0 Å². The zero-order valence-electron chi connectivity index (χ0n) is 26.4. The summed E-state index contributed by atoms with van der Waals surface area (Å²) in [6.07, 6.45) is 1.57. The van der Waals surface area contributed by atoms with Gasteiger partial charge in [0.05, 0.1) is 25.4 Å². The van der Waals surface area contributed by atoms with E-state index in [1.807, 2.05) is 0 Å². The van der Waals surface area contributed by atoms with Crippen molar-refractivity contribution in [1.82, 2.24) is 0 Å². The first kappa shape index (κ1) is 37.3. The van der Waals surface area contributed by atoms with Gasteiger partial charge >= 0.3 is 5.97 Å². The molecule has 0 amide bonds. The van der Waals surface area contributed by atoms with Gasteiger partial charge < -0.3 is 34.3 Å². The lowest BCUT2D eigenvalue weighted by atomic mass is 9.78. The quantitative estimate of drug-likeness (QED) is 0.162. The van der Waals surface area contributed by atoms with Gasteiger partial charge in [-0.3, -0.25) is 14.4 Å². The first-order valence-corrected chi connectivity index (χ1v) is 14.6. The summed E-state index contributed by atoms with van der Waals surface area (Å²) in [6, 6.07) is 0. The second kappa shape index (κ2) is 17.4. The lowest BCUT2D eigenvalue weighted by Crippen LogP contribution is -2.44. The minimum Gasteiger partial charge on any atom is -0.459 e. The molecule has 0 radical (unpaired) electrons. The van der Waals surface area contributed by atoms with E-state index in [1.54, 1.807) is 48.0 Å². The fourth-order valence-corrected chi connectivity index (χ4v) is 5.37. The molecule has 8 atom stereocenters. The number of carbonyl (C=O) groups excluding carboxylic acids is 3. The third kappa shape index (κ3) is 10.5. The maximum atomic E-state index is 13.1. The molecule has 1 aliphatic carbocycles. The predicted octanol–water partition coefficient (Wildman–Crippen LogP) is 2.89. The van der Waals surface area contributed by atoms with Gasteiger partial charge in [0.25, 0.3) is 0 Å². The molecule has 238 valence electrons. The van der Waals surface area contributed by atoms with Crippen LogP contribution in [0.15, 0.2) is 11.6 Å². The summed E-state index contributed by atoms with van der Waals surface area (Å²) >= 11 is 0. The van der Waals surface area contributed by atoms with Crippen LogP contribution in [0.4, 0.5) is 0 Å². The third-order valence-electron chi connectivity index (χ3n) is 8.51. The molecule has 10 heteroatoms. The van der Waals surface area contributed by atoms with Crippen molar-refractivity contribution in [2.24, 2.45) is 29.1 Å². The SMILES string of the molecule is COC(CC(=O)C(C)/C=C(\C)C(O)C(OC)C(=O)C(C)C)C(C)CC1CCC(OC(=O)C(C)(CO)CO)C(OC)C1. The Labute approximate surface area is 245 Å². The number of ether oxygens (including phenoxy) is 4. The van der Waals surface area contributed by atoms with Crippen molar-refractivity contribution >= 4 is 17.5 Å². The standard InChI is InChI=1S/C31H54O10/c1-18(2)27(35)29(40-9)28(36)21(5)12-19(3)23(34)15-25(38-7)20(4)13-22-10-11-24(26(14-22)39-8)41-30(37)31(6,16-32)17-33/h12,18-20,22,24-26,28-29,32-33,36H,10-11,13-17H2,1-9H3/b21-12+. The van der Waals surface area contributed by atoms with Gasteiger partial charge in [-0.25, -0.2) is 0 Å². The van der Waals surface area contributed by atoms with Crippen LogP contribution in [0.5, 0.6) is 0 Å². The molecule has 0 bridgehead atoms. The molecule has 41 heavy (non-hydrogen) atoms. The van der Waals surface area contributed by atoms with Crippen LogP contribution in [0.3, 0.4) is 0 Å². The number of Topliss-reactive ketones (excluding diaryl/α,β-unsaturated/α-hetero) is 2. The Balaban J connectivity index is 2.77. The minimum atomic E-state index is -1.36. The highest BCUT2D eigenvalue weighted by atomic mass is 16.6. The van der Waals surface area contributed by atoms with Gasteiger partial charge in [-0.15, -0.1) is 0 Å². The first-order chi connectivity index (χ1) is 19.2. The van der Waals surface area contributed by atoms with Crippen LogP contribution in [-0.2, 0) is 33.3 Å². The molecule has 1 fully saturated rings. The molecular weight excluding hydrogens is 532 g/mol. The summed E-state index contributed by atoms with van der Waals surface area (Å²) < 4.78 is 22.3. The van der Waals surface area contributed by atoms with Crippen LogP contribution in [-0.4, -0.2) is 97.9 Å². The molecule has 0 aromatic carbocycles. The number of allylic oxidation sites excluding steroid dienone is 1. The molecule has 0 saturated heterocycles. The highest BCUT2D eigenvalue weighted by Gasteiger charge is 2.40. The number of rotatable bonds is 18. The summed E-state index contributed by atoms with van der Waals surface area (Å²) in [7, 11) is 4.56. The van der Waals surface area contributed by atoms with Gasteiger partial charge in [0.1, 0.15) is 29.5 Å². The maximum Gasteiger partial charge on any atom is 0.316 e. The monoisotopic (exact) mass is 586 g/mol. The topological polar surface area (TPSA) is 149 Å². The van der Waals surface area contributed by atoms with E-state index in [9.17, 15) is 29.7 Å². The smallest absolute Gasteiger partial charge is 0.316 e. The Morgan fingerprint density at radius 1 is 0.976 bits per heavy atom. The minimum absolute atomic E-state index is 0.0272. The number of hydrogen-bond donors (Lipinski definition) is 3. The van der Waals surface area contributed by atoms with Crippen molar-refractivity contribution in [1.29, 1.82) is 0 Å². The van der Waals surface area contributed by atoms with Gasteiger partial charge in [-0.05, 0) is 56.9 Å². The Hall–Kier alpha value is -1.69. The molecule has 1 rings (SSSR count). The Kier molecular flexibility index (Phi) is 15.9. The van der Waals surface area contributed by atoms with Gasteiger partial charge in [0, 0.05) is 39.6 Å². The Morgan fingerprint density at radius 2 is 1.59 bits per heavy atom. The second-order valence-electron chi connectivity index (χ2n) is 12.3. The van der Waals surface area contributed by atoms with Crippen LogP contribution in [0.25, 0.3) is 0 Å². The summed E-state index contributed by atoms with van der Waals surface area (Å²) in [5, 5.41) is 29.7. The molecule has 1 saturated carbocycles. The maximum absolute atomic E-state index is 13.1. The van der Waals surface area contributed by atoms with Crippen molar-refractivity contribution in [3.63, 3.8) is 0 Å². The van der Waals surface area contributed by atoms with Crippen molar-refractivity contribution < 1.29 is 48.7 Å². The number of carbonyl (C=O) groups is 3. The van der Waals surface area contributed by atoms with E-state index in [0.29, 0.717) is 18.4 Å². The second-order valence-corrected chi connectivity index (χ2v) is 12.3. The zero-order chi connectivity index (χ0) is 31.5. The Bertz CT molecular complexity index is 865. The molecular formula is C31H54O10. The predicted molar refractivity (Wildman–Crippen MR) is 154 cm³/mol. The Morgan fingerprint density at radius 3 is 2.07 bits per heavy atom. The fourth-order valence-electron chi connectivity index (χ4n) is 5.37. The third-order valence-corrected chi connectivity index (χ3v) is 8.51. The number of ketones is 2. The highest BCUT2D eigenvalue weighted by molar-refractivity contribution is 5.86. The van der Waals surface area contributed by atoms with Gasteiger partial charge in [-0.1, -0.05) is 33.8 Å². The van der Waals surface area contributed by atoms with Crippen molar-refractivity contribution in [2.75, 3.05) is 34.5 Å². The summed E-state index contributed by atoms with van der Waals surface area (Å²) in [6.45, 7) is 9.46. The summed E-state index contributed by atoms with van der Waals surface area (Å²) in [5.41, 5.74) is -0.850. The highest BCUT2D eigenvalue weighted by Crippen LogP contribution is 2.35. The van der Waals surface area contributed by atoms with Crippen LogP contribution < -0.4 is 0 Å². The van der Waals surface area contributed by atoms with Crippen LogP contribution in [0, 0.1) is 29.1 Å². The van der Waals surface area contributed by atoms with Crippen LogP contribution in [0.2, 0.25) is 0 Å². The first-order valence-electron chi connectivity index (χ1n) is 14.6. The van der Waals surface area contributed by atoms with E-state index in [2.05, 4.69) is 6.92 Å². The number of esters is 1. The lowest BCUT2D eigenvalue weighted by molar-refractivity contribution is -0.177. The normalized spacial score (nSPS) is 23.9. The van der Waals surface area contributed by atoms with E-state index in [-0.39, 0.29) is 47.9 Å². The van der Waals surface area contributed by atoms with E-state index in [1.165, 1.54) is 14.0 Å². The molecule has 0 aromatic heterocycles. The molecule has 1 aliphatic rings. The molecule has 0 aliphatic heterocycles. The van der Waals surface area contributed by atoms with E-state index in [0.717, 1.165) is 12.8 Å². The van der Waals surface area contributed by atoms with E-state index < -0.39 is 48.8 Å². The molecule has 0 spiro atoms. The van der Waals surface area contributed by atoms with Crippen molar-refractivity contribution in [2.45, 2.75) is 104 Å². The molecule has 0 aromatic rings. The number of aliphatic hydroxyl groups excluding tert-OH is 3. The summed E-state index contributed by atoms with van der Waals surface area (Å²) in [5.74, 6) is -1.29. The molecule has 3 N–H and O–H groups in total. The van der Waals surface area contributed by atoms with Crippen LogP contribution >= 0.6 is 0 Å². The lowest BCUT2D eigenvalue weighted by Gasteiger charge is -2.38. The van der Waals surface area contributed by atoms with Gasteiger partial charge in [0.15, 0.2) is 5.78 Å². The molecule has 0 heterocycles. The summed E-state index contributed by atoms with van der Waals surface area (Å²) in [4.78, 5) is 38.0. The van der Waals surface area contributed by atoms with Crippen LogP contribution in [0.1, 0.15) is 73.6 Å². The average Bonchev–Trinajstić information content (AvgIpc) is 2.95. The van der Waals surface area contributed by atoms with E-state index in [4.69, 9.17) is 18.9 Å². The largest absolute Gasteiger partial charge is 0.459 e. The number of hydrogen-bond acceptors (Lipinski definition) is 10. The number of aliphatic hydroxyl groups is 3. The fraction of sp³-hybridized carbons (Fsp3) is 0.839. The molecule has 8 unspecified atom stereocenters. The zero-order valence-corrected chi connectivity index (χ0v) is 26.4. The number of methoxy groups -OCH3 is 3. The van der Waals surface area contributed by atoms with E-state index >= 15 is 0 Å². The average molecular weight is 587 g/mol.